The van der Waals surface area contributed by atoms with Gasteiger partial charge in [-0.15, -0.1) is 0 Å². The van der Waals surface area contributed by atoms with E-state index in [9.17, 15) is 9.90 Å². The Morgan fingerprint density at radius 1 is 0.706 bits per heavy atom. The highest BCUT2D eigenvalue weighted by molar-refractivity contribution is 6.33. The van der Waals surface area contributed by atoms with Crippen LogP contribution < -0.4 is 9.47 Å². The third-order valence-corrected chi connectivity index (χ3v) is 6.38. The minimum atomic E-state index is -0.392. The maximum Gasteiger partial charge on any atom is 0.280 e. The topological polar surface area (TPSA) is 83.9 Å². The fourth-order valence-corrected chi connectivity index (χ4v) is 4.86. The fourth-order valence-electron chi connectivity index (χ4n) is 4.86. The Morgan fingerprint density at radius 2 is 1.24 bits per heavy atom. The molecule has 1 amide bonds. The highest BCUT2D eigenvalue weighted by Gasteiger charge is 2.34. The summed E-state index contributed by atoms with van der Waals surface area (Å²) in [5.41, 5.74) is 3.30. The van der Waals surface area contributed by atoms with E-state index < -0.39 is 5.91 Å². The summed E-state index contributed by atoms with van der Waals surface area (Å²) in [4.78, 5) is 20.6. The van der Waals surface area contributed by atoms with Crippen LogP contribution in [0.3, 0.4) is 0 Å². The average Bonchev–Trinajstić information content (AvgIpc) is 3.40. The number of nitrogens with zero attached hydrogens (tertiary/aromatic N) is 1. The molecule has 6 nitrogen and oxygen atoms in total. The second-order valence-corrected chi connectivity index (χ2v) is 8.09. The summed E-state index contributed by atoms with van der Waals surface area (Å²) < 4.78 is 11.0. The Balaban J connectivity index is 1.59. The van der Waals surface area contributed by atoms with E-state index in [0.29, 0.717) is 22.5 Å². The smallest absolute Gasteiger partial charge is 0.280 e. The van der Waals surface area contributed by atoms with E-state index in [4.69, 9.17) is 9.47 Å². The normalized spacial score (nSPS) is 12.8. The van der Waals surface area contributed by atoms with Crippen molar-refractivity contribution in [3.8, 4) is 28.6 Å². The van der Waals surface area contributed by atoms with Gasteiger partial charge in [0.2, 0.25) is 0 Å². The van der Waals surface area contributed by atoms with Crippen LogP contribution in [-0.4, -0.2) is 35.9 Å². The van der Waals surface area contributed by atoms with Gasteiger partial charge in [-0.25, -0.2) is 4.99 Å². The van der Waals surface area contributed by atoms with Crippen LogP contribution >= 0.6 is 0 Å². The number of rotatable bonds is 4. The number of fused-ring (bicyclic) bond motifs is 3. The van der Waals surface area contributed by atoms with Crippen LogP contribution in [0.1, 0.15) is 21.5 Å². The summed E-state index contributed by atoms with van der Waals surface area (Å²) in [6, 6.07) is 23.1. The van der Waals surface area contributed by atoms with Crippen molar-refractivity contribution in [1.82, 2.24) is 4.98 Å². The molecule has 6 rings (SSSR count). The Labute approximate surface area is 195 Å². The summed E-state index contributed by atoms with van der Waals surface area (Å²) in [5, 5.41) is 14.6. The number of amides is 1. The molecule has 166 valence electrons. The van der Waals surface area contributed by atoms with Gasteiger partial charge < -0.3 is 19.6 Å². The standard InChI is InChI=1S/C28H20N2O4/c1-33-21-13-11-19(15-7-3-5-9-17(15)21)25-23-24(28(32)29-25)26(30-27(23)31)20-12-14-22(34-2)18-10-6-4-8-16(18)20/h3-14,29,32H,1-2H3. The van der Waals surface area contributed by atoms with Crippen molar-refractivity contribution < 1.29 is 19.4 Å². The third kappa shape index (κ3) is 2.75. The second-order valence-electron chi connectivity index (χ2n) is 8.09. The molecule has 0 bridgehead atoms. The number of carbonyl (C=O) groups is 1. The minimum absolute atomic E-state index is 0.0885. The number of benzene rings is 4. The number of ether oxygens (including phenoxy) is 2. The predicted molar refractivity (Wildman–Crippen MR) is 132 cm³/mol. The average molecular weight is 448 g/mol. The van der Waals surface area contributed by atoms with Crippen LogP contribution in [0.5, 0.6) is 17.4 Å². The zero-order valence-electron chi connectivity index (χ0n) is 18.5. The number of nitrogens with one attached hydrogen (secondary N) is 1. The summed E-state index contributed by atoms with van der Waals surface area (Å²) in [5.74, 6) is 0.985. The molecule has 2 N–H and O–H groups in total. The van der Waals surface area contributed by atoms with Crippen LogP contribution in [0.2, 0.25) is 0 Å². The van der Waals surface area contributed by atoms with Crippen molar-refractivity contribution in [2.75, 3.05) is 14.2 Å². The van der Waals surface area contributed by atoms with Crippen LogP contribution in [0, 0.1) is 0 Å². The maximum atomic E-state index is 13.2. The van der Waals surface area contributed by atoms with E-state index in [1.807, 2.05) is 72.8 Å². The molecule has 0 radical (unpaired) electrons. The molecule has 2 heterocycles. The highest BCUT2D eigenvalue weighted by atomic mass is 16.5. The highest BCUT2D eigenvalue weighted by Crippen LogP contribution is 2.43. The van der Waals surface area contributed by atoms with Gasteiger partial charge in [0.15, 0.2) is 5.88 Å². The van der Waals surface area contributed by atoms with Gasteiger partial charge >= 0.3 is 0 Å². The molecule has 0 fully saturated rings. The Morgan fingerprint density at radius 3 is 1.82 bits per heavy atom. The first-order chi connectivity index (χ1) is 16.6. The fraction of sp³-hybridized carbons (Fsp3) is 0.0714. The van der Waals surface area contributed by atoms with Crippen molar-refractivity contribution in [2.24, 2.45) is 4.99 Å². The van der Waals surface area contributed by atoms with Crippen molar-refractivity contribution >= 4 is 33.2 Å². The van der Waals surface area contributed by atoms with Crippen LogP contribution in [0.25, 0.3) is 32.8 Å². The predicted octanol–water partition coefficient (Wildman–Crippen LogP) is 5.70. The lowest BCUT2D eigenvalue weighted by Gasteiger charge is -2.10. The second kappa shape index (κ2) is 7.49. The van der Waals surface area contributed by atoms with Gasteiger partial charge in [0.05, 0.1) is 36.8 Å². The van der Waals surface area contributed by atoms with Crippen molar-refractivity contribution in [2.45, 2.75) is 0 Å². The van der Waals surface area contributed by atoms with Gasteiger partial charge in [0, 0.05) is 21.9 Å². The number of aromatic hydroxyl groups is 1. The van der Waals surface area contributed by atoms with Gasteiger partial charge in [0.1, 0.15) is 11.5 Å². The Kier molecular flexibility index (Phi) is 4.42. The van der Waals surface area contributed by atoms with Gasteiger partial charge in [-0.3, -0.25) is 4.79 Å². The van der Waals surface area contributed by atoms with Crippen LogP contribution in [0.4, 0.5) is 0 Å². The molecule has 0 atom stereocenters. The van der Waals surface area contributed by atoms with Gasteiger partial charge in [0.25, 0.3) is 5.91 Å². The summed E-state index contributed by atoms with van der Waals surface area (Å²) in [6.45, 7) is 0. The zero-order chi connectivity index (χ0) is 23.4. The van der Waals surface area contributed by atoms with Crippen molar-refractivity contribution in [3.63, 3.8) is 0 Å². The van der Waals surface area contributed by atoms with E-state index in [2.05, 4.69) is 9.98 Å². The number of aliphatic imine (C=N–C) groups is 1. The SMILES string of the molecule is COc1ccc(C2=NC(=O)c3c(-c4ccc(OC)c5ccccc45)[nH]c(O)c32)c2ccccc12. The Hall–Kier alpha value is -4.58. The number of H-pyrrole nitrogens is 1. The number of hydrogen-bond donors (Lipinski definition) is 2. The quantitative estimate of drug-likeness (QED) is 0.369. The number of aromatic amines is 1. The first kappa shape index (κ1) is 20.1. The van der Waals surface area contributed by atoms with Crippen molar-refractivity contribution in [3.05, 3.63) is 89.5 Å². The number of carbonyl (C=O) groups excluding carboxylic acids is 1. The maximum absolute atomic E-state index is 13.2. The van der Waals surface area contributed by atoms with E-state index in [1.165, 1.54) is 0 Å². The van der Waals surface area contributed by atoms with E-state index in [1.54, 1.807) is 14.2 Å². The minimum Gasteiger partial charge on any atom is -0.496 e. The molecule has 0 unspecified atom stereocenters. The van der Waals surface area contributed by atoms with Crippen LogP contribution in [0.15, 0.2) is 77.8 Å². The molecule has 5 aromatic rings. The first-order valence-electron chi connectivity index (χ1n) is 10.8. The zero-order valence-corrected chi connectivity index (χ0v) is 18.5. The summed E-state index contributed by atoms with van der Waals surface area (Å²) in [6.07, 6.45) is 0. The van der Waals surface area contributed by atoms with E-state index in [0.717, 1.165) is 44.2 Å². The van der Waals surface area contributed by atoms with Crippen LogP contribution in [-0.2, 0) is 0 Å². The molecule has 0 aliphatic carbocycles. The molecule has 0 saturated heterocycles. The van der Waals surface area contributed by atoms with E-state index >= 15 is 0 Å². The molecular weight excluding hydrogens is 428 g/mol. The number of methoxy groups -OCH3 is 2. The van der Waals surface area contributed by atoms with E-state index in [-0.39, 0.29) is 5.88 Å². The number of aromatic nitrogens is 1. The molecule has 0 saturated carbocycles. The lowest BCUT2D eigenvalue weighted by atomic mass is 9.94. The summed E-state index contributed by atoms with van der Waals surface area (Å²) in [7, 11) is 3.25. The van der Waals surface area contributed by atoms with Gasteiger partial charge in [-0.1, -0.05) is 48.5 Å². The largest absolute Gasteiger partial charge is 0.496 e. The molecular formula is C28H20N2O4. The summed E-state index contributed by atoms with van der Waals surface area (Å²) >= 11 is 0. The lowest BCUT2D eigenvalue weighted by molar-refractivity contribution is 0.101. The number of hydrogen-bond acceptors (Lipinski definition) is 4. The first-order valence-corrected chi connectivity index (χ1v) is 10.8. The van der Waals surface area contributed by atoms with Crippen molar-refractivity contribution in [1.29, 1.82) is 0 Å². The molecule has 6 heteroatoms. The van der Waals surface area contributed by atoms with Gasteiger partial charge in [-0.05, 0) is 35.0 Å². The molecule has 0 spiro atoms. The Bertz CT molecular complexity index is 1660. The lowest BCUT2D eigenvalue weighted by Crippen LogP contribution is -2.02. The molecule has 1 aromatic heterocycles. The third-order valence-electron chi connectivity index (χ3n) is 6.38. The molecule has 1 aliphatic heterocycles. The molecule has 1 aliphatic rings. The monoisotopic (exact) mass is 448 g/mol. The molecule has 4 aromatic carbocycles. The van der Waals surface area contributed by atoms with Gasteiger partial charge in [-0.2, -0.15) is 0 Å². The molecule has 34 heavy (non-hydrogen) atoms.